The van der Waals surface area contributed by atoms with Crippen LogP contribution in [0.3, 0.4) is 0 Å². The number of aryl methyl sites for hydroxylation is 1. The van der Waals surface area contributed by atoms with Gasteiger partial charge in [0.15, 0.2) is 17.4 Å². The number of rotatable bonds is 6. The third-order valence-corrected chi connectivity index (χ3v) is 6.68. The molecule has 1 aromatic heterocycles. The number of nitrogens with one attached hydrogen (secondary N) is 1. The molecule has 0 atom stereocenters. The standard InChI is InChI=1S/C22H22F2N4O4S/c1-15-12-18(32-25-15)14-27-8-10-28(11-9-27)22(29)16-2-4-17(5-3-16)26-33(30,31)19-6-7-20(23)21(24)13-19/h2-7,12-13,26H,8-11,14H2,1H3. The molecular weight excluding hydrogens is 454 g/mol. The topological polar surface area (TPSA) is 95.8 Å². The van der Waals surface area contributed by atoms with E-state index in [0.29, 0.717) is 44.4 Å². The van der Waals surface area contributed by atoms with Gasteiger partial charge in [0.25, 0.3) is 15.9 Å². The first-order valence-corrected chi connectivity index (χ1v) is 11.7. The van der Waals surface area contributed by atoms with E-state index in [4.69, 9.17) is 4.52 Å². The van der Waals surface area contributed by atoms with E-state index >= 15 is 0 Å². The molecule has 33 heavy (non-hydrogen) atoms. The maximum atomic E-state index is 13.4. The number of hydrogen-bond donors (Lipinski definition) is 1. The van der Waals surface area contributed by atoms with E-state index in [1.165, 1.54) is 24.3 Å². The Balaban J connectivity index is 1.35. The highest BCUT2D eigenvalue weighted by molar-refractivity contribution is 7.92. The largest absolute Gasteiger partial charge is 0.360 e. The summed E-state index contributed by atoms with van der Waals surface area (Å²) >= 11 is 0. The summed E-state index contributed by atoms with van der Waals surface area (Å²) in [6.07, 6.45) is 0. The fraction of sp³-hybridized carbons (Fsp3) is 0.273. The van der Waals surface area contributed by atoms with Gasteiger partial charge in [-0.3, -0.25) is 14.4 Å². The van der Waals surface area contributed by atoms with Crippen LogP contribution in [-0.4, -0.2) is 55.5 Å². The fourth-order valence-electron chi connectivity index (χ4n) is 3.54. The van der Waals surface area contributed by atoms with Gasteiger partial charge in [0.05, 0.1) is 17.1 Å². The van der Waals surface area contributed by atoms with E-state index in [1.54, 1.807) is 4.90 Å². The van der Waals surface area contributed by atoms with Gasteiger partial charge < -0.3 is 9.42 Å². The molecule has 1 amide bonds. The zero-order valence-electron chi connectivity index (χ0n) is 17.8. The van der Waals surface area contributed by atoms with E-state index in [1.807, 2.05) is 13.0 Å². The van der Waals surface area contributed by atoms with E-state index < -0.39 is 26.6 Å². The average molecular weight is 477 g/mol. The predicted molar refractivity (Wildman–Crippen MR) is 116 cm³/mol. The van der Waals surface area contributed by atoms with Crippen molar-refractivity contribution >= 4 is 21.6 Å². The molecule has 1 saturated heterocycles. The van der Waals surface area contributed by atoms with Crippen molar-refractivity contribution in [1.29, 1.82) is 0 Å². The number of halogens is 2. The first-order valence-electron chi connectivity index (χ1n) is 10.2. The maximum absolute atomic E-state index is 13.4. The highest BCUT2D eigenvalue weighted by Gasteiger charge is 2.23. The van der Waals surface area contributed by atoms with Crippen LogP contribution in [0.4, 0.5) is 14.5 Å². The summed E-state index contributed by atoms with van der Waals surface area (Å²) in [4.78, 5) is 16.3. The Hall–Kier alpha value is -3.31. The lowest BCUT2D eigenvalue weighted by Gasteiger charge is -2.34. The molecule has 0 saturated carbocycles. The van der Waals surface area contributed by atoms with Crippen molar-refractivity contribution < 1.29 is 26.5 Å². The second-order valence-electron chi connectivity index (χ2n) is 7.76. The molecule has 2 aromatic carbocycles. The molecule has 1 N–H and O–H groups in total. The third-order valence-electron chi connectivity index (χ3n) is 5.30. The van der Waals surface area contributed by atoms with Crippen LogP contribution < -0.4 is 4.72 Å². The van der Waals surface area contributed by atoms with Crippen molar-refractivity contribution in [3.8, 4) is 0 Å². The van der Waals surface area contributed by atoms with Crippen LogP contribution in [0.25, 0.3) is 0 Å². The van der Waals surface area contributed by atoms with Gasteiger partial charge in [0.2, 0.25) is 0 Å². The molecule has 0 aliphatic carbocycles. The number of nitrogens with zero attached hydrogens (tertiary/aromatic N) is 3. The fourth-order valence-corrected chi connectivity index (χ4v) is 4.61. The van der Waals surface area contributed by atoms with E-state index in [2.05, 4.69) is 14.8 Å². The summed E-state index contributed by atoms with van der Waals surface area (Å²) in [5.41, 5.74) is 1.45. The van der Waals surface area contributed by atoms with Gasteiger partial charge in [0.1, 0.15) is 0 Å². The molecule has 0 unspecified atom stereocenters. The lowest BCUT2D eigenvalue weighted by molar-refractivity contribution is 0.0617. The molecule has 1 aliphatic rings. The summed E-state index contributed by atoms with van der Waals surface area (Å²) in [6, 6.07) is 10.2. The SMILES string of the molecule is Cc1cc(CN2CCN(C(=O)c3ccc(NS(=O)(=O)c4ccc(F)c(F)c4)cc3)CC2)on1. The number of sulfonamides is 1. The summed E-state index contributed by atoms with van der Waals surface area (Å²) < 4.78 is 58.8. The molecule has 2 heterocycles. The Morgan fingerprint density at radius 3 is 2.33 bits per heavy atom. The molecular formula is C22H22F2N4O4S. The number of carbonyl (C=O) groups excluding carboxylic acids is 1. The molecule has 8 nitrogen and oxygen atoms in total. The second-order valence-corrected chi connectivity index (χ2v) is 9.44. The van der Waals surface area contributed by atoms with Gasteiger partial charge >= 0.3 is 0 Å². The number of aromatic nitrogens is 1. The molecule has 1 aliphatic heterocycles. The predicted octanol–water partition coefficient (Wildman–Crippen LogP) is 3.02. The van der Waals surface area contributed by atoms with E-state index in [-0.39, 0.29) is 11.6 Å². The van der Waals surface area contributed by atoms with E-state index in [0.717, 1.165) is 23.6 Å². The Kier molecular flexibility index (Phi) is 6.43. The van der Waals surface area contributed by atoms with Crippen molar-refractivity contribution in [3.63, 3.8) is 0 Å². The highest BCUT2D eigenvalue weighted by Crippen LogP contribution is 2.20. The van der Waals surface area contributed by atoms with Crippen molar-refractivity contribution in [2.45, 2.75) is 18.4 Å². The zero-order valence-corrected chi connectivity index (χ0v) is 18.6. The number of benzene rings is 2. The van der Waals surface area contributed by atoms with Gasteiger partial charge in [-0.25, -0.2) is 17.2 Å². The quantitative estimate of drug-likeness (QED) is 0.588. The first-order chi connectivity index (χ1) is 15.7. The minimum absolute atomic E-state index is 0.153. The van der Waals surface area contributed by atoms with Crippen molar-refractivity contribution in [2.24, 2.45) is 0 Å². The number of piperazine rings is 1. The number of amides is 1. The Morgan fingerprint density at radius 2 is 1.73 bits per heavy atom. The molecule has 0 spiro atoms. The monoisotopic (exact) mass is 476 g/mol. The van der Waals surface area contributed by atoms with Gasteiger partial charge in [-0.05, 0) is 49.4 Å². The van der Waals surface area contributed by atoms with Crippen molar-refractivity contribution in [2.75, 3.05) is 30.9 Å². The number of hydrogen-bond acceptors (Lipinski definition) is 6. The molecule has 1 fully saturated rings. The smallest absolute Gasteiger partial charge is 0.261 e. The Bertz CT molecular complexity index is 1250. The summed E-state index contributed by atoms with van der Waals surface area (Å²) in [6.45, 7) is 4.99. The maximum Gasteiger partial charge on any atom is 0.261 e. The number of anilines is 1. The average Bonchev–Trinajstić information content (AvgIpc) is 3.20. The zero-order chi connectivity index (χ0) is 23.6. The highest BCUT2D eigenvalue weighted by atomic mass is 32.2. The lowest BCUT2D eigenvalue weighted by Crippen LogP contribution is -2.48. The summed E-state index contributed by atoms with van der Waals surface area (Å²) in [7, 11) is -4.11. The minimum atomic E-state index is -4.11. The normalized spacial score (nSPS) is 14.9. The van der Waals surface area contributed by atoms with Gasteiger partial charge in [-0.2, -0.15) is 0 Å². The Labute approximate surface area is 189 Å². The van der Waals surface area contributed by atoms with Crippen LogP contribution in [0.5, 0.6) is 0 Å². The third kappa shape index (κ3) is 5.37. The Morgan fingerprint density at radius 1 is 1.03 bits per heavy atom. The van der Waals surface area contributed by atoms with Crippen LogP contribution in [-0.2, 0) is 16.6 Å². The van der Waals surface area contributed by atoms with Crippen LogP contribution in [0, 0.1) is 18.6 Å². The van der Waals surface area contributed by atoms with Crippen LogP contribution >= 0.6 is 0 Å². The molecule has 0 bridgehead atoms. The van der Waals surface area contributed by atoms with Crippen molar-refractivity contribution in [1.82, 2.24) is 15.0 Å². The molecule has 4 rings (SSSR count). The van der Waals surface area contributed by atoms with Crippen molar-refractivity contribution in [3.05, 3.63) is 77.2 Å². The van der Waals surface area contributed by atoms with Gasteiger partial charge in [-0.1, -0.05) is 5.16 Å². The minimum Gasteiger partial charge on any atom is -0.360 e. The second kappa shape index (κ2) is 9.28. The molecule has 0 radical (unpaired) electrons. The molecule has 11 heteroatoms. The van der Waals surface area contributed by atoms with Crippen LogP contribution in [0.15, 0.2) is 57.9 Å². The van der Waals surface area contributed by atoms with E-state index in [9.17, 15) is 22.0 Å². The van der Waals surface area contributed by atoms with Gasteiger partial charge in [-0.15, -0.1) is 0 Å². The summed E-state index contributed by atoms with van der Waals surface area (Å²) in [5.74, 6) is -1.76. The van der Waals surface area contributed by atoms with Crippen LogP contribution in [0.2, 0.25) is 0 Å². The molecule has 174 valence electrons. The molecule has 3 aromatic rings. The lowest BCUT2D eigenvalue weighted by atomic mass is 10.1. The van der Waals surface area contributed by atoms with Crippen LogP contribution in [0.1, 0.15) is 21.8 Å². The van der Waals surface area contributed by atoms with Gasteiger partial charge in [0, 0.05) is 43.5 Å². The summed E-state index contributed by atoms with van der Waals surface area (Å²) in [5, 5.41) is 3.88. The number of carbonyl (C=O) groups is 1. The first kappa shape index (κ1) is 22.9.